The molecule has 94 valence electrons. The van der Waals surface area contributed by atoms with Crippen LogP contribution in [0.4, 0.5) is 4.39 Å². The second kappa shape index (κ2) is 5.27. The highest BCUT2D eigenvalue weighted by molar-refractivity contribution is 5.68. The van der Waals surface area contributed by atoms with Gasteiger partial charge in [0.15, 0.2) is 0 Å². The third-order valence-electron chi connectivity index (χ3n) is 2.90. The van der Waals surface area contributed by atoms with Crippen LogP contribution in [-0.2, 0) is 6.54 Å². The average molecular weight is 244 g/mol. The third-order valence-corrected chi connectivity index (χ3v) is 2.90. The smallest absolute Gasteiger partial charge is 0.131 e. The van der Waals surface area contributed by atoms with Crippen LogP contribution in [0.3, 0.4) is 0 Å². The van der Waals surface area contributed by atoms with Gasteiger partial charge >= 0.3 is 0 Å². The minimum absolute atomic E-state index is 0.184. The molecule has 1 heterocycles. The van der Waals surface area contributed by atoms with E-state index >= 15 is 0 Å². The van der Waals surface area contributed by atoms with Crippen LogP contribution in [0.15, 0.2) is 30.6 Å². The van der Waals surface area contributed by atoms with Crippen LogP contribution in [-0.4, -0.2) is 12.0 Å². The molecule has 0 bridgehead atoms. The van der Waals surface area contributed by atoms with Gasteiger partial charge in [-0.1, -0.05) is 6.07 Å². The van der Waals surface area contributed by atoms with Gasteiger partial charge in [-0.25, -0.2) is 4.39 Å². The van der Waals surface area contributed by atoms with E-state index in [1.54, 1.807) is 18.5 Å². The zero-order chi connectivity index (χ0) is 13.1. The zero-order valence-corrected chi connectivity index (χ0v) is 10.9. The minimum atomic E-state index is -0.184. The number of hydrogen-bond donors (Lipinski definition) is 1. The number of halogens is 1. The first-order valence-electron chi connectivity index (χ1n) is 5.97. The van der Waals surface area contributed by atoms with Crippen molar-refractivity contribution in [3.63, 3.8) is 0 Å². The molecule has 0 saturated carbocycles. The first kappa shape index (κ1) is 12.7. The van der Waals surface area contributed by atoms with Crippen molar-refractivity contribution in [2.24, 2.45) is 0 Å². The SMILES string of the molecule is CNCc1cncc(-c2c(C)cc(C)cc2F)c1. The number of aryl methyl sites for hydroxylation is 2. The minimum Gasteiger partial charge on any atom is -0.316 e. The molecule has 0 saturated heterocycles. The molecule has 0 radical (unpaired) electrons. The van der Waals surface area contributed by atoms with E-state index in [0.29, 0.717) is 5.56 Å². The van der Waals surface area contributed by atoms with Crippen molar-refractivity contribution in [3.05, 3.63) is 53.1 Å². The van der Waals surface area contributed by atoms with Crippen LogP contribution >= 0.6 is 0 Å². The van der Waals surface area contributed by atoms with E-state index in [0.717, 1.165) is 28.8 Å². The Morgan fingerprint density at radius 3 is 2.61 bits per heavy atom. The molecular formula is C15H17FN2. The lowest BCUT2D eigenvalue weighted by atomic mass is 9.98. The topological polar surface area (TPSA) is 24.9 Å². The molecule has 3 heteroatoms. The fraction of sp³-hybridized carbons (Fsp3) is 0.267. The van der Waals surface area contributed by atoms with E-state index in [1.807, 2.05) is 33.0 Å². The molecule has 2 aromatic rings. The molecule has 0 spiro atoms. The number of aromatic nitrogens is 1. The molecule has 0 aliphatic rings. The molecule has 0 fully saturated rings. The molecule has 1 aromatic heterocycles. The largest absolute Gasteiger partial charge is 0.316 e. The van der Waals surface area contributed by atoms with E-state index in [2.05, 4.69) is 10.3 Å². The van der Waals surface area contributed by atoms with Gasteiger partial charge in [0.1, 0.15) is 5.82 Å². The van der Waals surface area contributed by atoms with Gasteiger partial charge in [-0.05, 0) is 49.7 Å². The molecule has 2 rings (SSSR count). The van der Waals surface area contributed by atoms with Crippen LogP contribution in [0.1, 0.15) is 16.7 Å². The van der Waals surface area contributed by atoms with Gasteiger partial charge in [0.25, 0.3) is 0 Å². The number of rotatable bonds is 3. The van der Waals surface area contributed by atoms with Gasteiger partial charge in [0.05, 0.1) is 0 Å². The van der Waals surface area contributed by atoms with E-state index in [1.165, 1.54) is 0 Å². The van der Waals surface area contributed by atoms with Crippen molar-refractivity contribution in [1.29, 1.82) is 0 Å². The summed E-state index contributed by atoms with van der Waals surface area (Å²) >= 11 is 0. The molecule has 18 heavy (non-hydrogen) atoms. The Kier molecular flexibility index (Phi) is 3.72. The molecule has 0 amide bonds. The third kappa shape index (κ3) is 2.57. The molecule has 1 N–H and O–H groups in total. The Balaban J connectivity index is 2.51. The first-order valence-corrected chi connectivity index (χ1v) is 5.97. The molecule has 0 aliphatic carbocycles. The van der Waals surface area contributed by atoms with Crippen molar-refractivity contribution in [2.45, 2.75) is 20.4 Å². The van der Waals surface area contributed by atoms with Gasteiger partial charge in [0.2, 0.25) is 0 Å². The Morgan fingerprint density at radius 2 is 1.94 bits per heavy atom. The van der Waals surface area contributed by atoms with E-state index < -0.39 is 0 Å². The van der Waals surface area contributed by atoms with Crippen LogP contribution in [0, 0.1) is 19.7 Å². The second-order valence-electron chi connectivity index (χ2n) is 4.55. The highest BCUT2D eigenvalue weighted by Crippen LogP contribution is 2.27. The van der Waals surface area contributed by atoms with Gasteiger partial charge in [-0.2, -0.15) is 0 Å². The first-order chi connectivity index (χ1) is 8.61. The van der Waals surface area contributed by atoms with Crippen LogP contribution in [0.25, 0.3) is 11.1 Å². The summed E-state index contributed by atoms with van der Waals surface area (Å²) in [7, 11) is 1.88. The number of hydrogen-bond acceptors (Lipinski definition) is 2. The van der Waals surface area contributed by atoms with E-state index in [4.69, 9.17) is 0 Å². The quantitative estimate of drug-likeness (QED) is 0.896. The number of nitrogens with zero attached hydrogens (tertiary/aromatic N) is 1. The van der Waals surface area contributed by atoms with E-state index in [9.17, 15) is 4.39 Å². The predicted octanol–water partition coefficient (Wildman–Crippen LogP) is 3.22. The number of benzene rings is 1. The highest BCUT2D eigenvalue weighted by Gasteiger charge is 2.10. The highest BCUT2D eigenvalue weighted by atomic mass is 19.1. The van der Waals surface area contributed by atoms with Crippen molar-refractivity contribution in [3.8, 4) is 11.1 Å². The van der Waals surface area contributed by atoms with Gasteiger partial charge in [-0.3, -0.25) is 4.98 Å². The molecule has 0 atom stereocenters. The summed E-state index contributed by atoms with van der Waals surface area (Å²) in [5.74, 6) is -0.184. The summed E-state index contributed by atoms with van der Waals surface area (Å²) in [5.41, 5.74) is 4.40. The maximum absolute atomic E-state index is 14.1. The molecular weight excluding hydrogens is 227 g/mol. The summed E-state index contributed by atoms with van der Waals surface area (Å²) in [5, 5.41) is 3.07. The molecule has 1 aromatic carbocycles. The normalized spacial score (nSPS) is 10.7. The second-order valence-corrected chi connectivity index (χ2v) is 4.55. The molecule has 2 nitrogen and oxygen atoms in total. The Morgan fingerprint density at radius 1 is 1.17 bits per heavy atom. The zero-order valence-electron chi connectivity index (χ0n) is 10.9. The maximum Gasteiger partial charge on any atom is 0.131 e. The standard InChI is InChI=1S/C15H17FN2/c1-10-4-11(2)15(14(16)5-10)13-6-12(7-17-3)8-18-9-13/h4-6,8-9,17H,7H2,1-3H3. The van der Waals surface area contributed by atoms with Crippen LogP contribution in [0.5, 0.6) is 0 Å². The lowest BCUT2D eigenvalue weighted by molar-refractivity contribution is 0.629. The Hall–Kier alpha value is -1.74. The van der Waals surface area contributed by atoms with Crippen molar-refractivity contribution < 1.29 is 4.39 Å². The summed E-state index contributed by atoms with van der Waals surface area (Å²) in [6.07, 6.45) is 3.50. The molecule has 0 aliphatic heterocycles. The summed E-state index contributed by atoms with van der Waals surface area (Å²) in [6.45, 7) is 4.55. The number of nitrogens with one attached hydrogen (secondary N) is 1. The van der Waals surface area contributed by atoms with Crippen molar-refractivity contribution >= 4 is 0 Å². The number of pyridine rings is 1. The van der Waals surface area contributed by atoms with E-state index in [-0.39, 0.29) is 5.82 Å². The molecule has 0 unspecified atom stereocenters. The average Bonchev–Trinajstić information content (AvgIpc) is 2.28. The monoisotopic (exact) mass is 244 g/mol. The summed E-state index contributed by atoms with van der Waals surface area (Å²) in [4.78, 5) is 4.18. The van der Waals surface area contributed by atoms with Gasteiger partial charge < -0.3 is 5.32 Å². The fourth-order valence-corrected chi connectivity index (χ4v) is 2.21. The Bertz CT molecular complexity index is 541. The maximum atomic E-state index is 14.1. The van der Waals surface area contributed by atoms with Crippen LogP contribution in [0.2, 0.25) is 0 Å². The lowest BCUT2D eigenvalue weighted by Crippen LogP contribution is -2.05. The fourth-order valence-electron chi connectivity index (χ4n) is 2.21. The van der Waals surface area contributed by atoms with Crippen molar-refractivity contribution in [1.82, 2.24) is 10.3 Å². The lowest BCUT2D eigenvalue weighted by Gasteiger charge is -2.10. The van der Waals surface area contributed by atoms with Crippen molar-refractivity contribution in [2.75, 3.05) is 7.05 Å². The Labute approximate surface area is 107 Å². The predicted molar refractivity (Wildman–Crippen MR) is 71.9 cm³/mol. The summed E-state index contributed by atoms with van der Waals surface area (Å²) in [6, 6.07) is 5.53. The summed E-state index contributed by atoms with van der Waals surface area (Å²) < 4.78 is 14.1. The van der Waals surface area contributed by atoms with Gasteiger partial charge in [-0.15, -0.1) is 0 Å². The van der Waals surface area contributed by atoms with Crippen LogP contribution < -0.4 is 5.32 Å². The van der Waals surface area contributed by atoms with Gasteiger partial charge in [0, 0.05) is 30.1 Å².